The molecule has 2 N–H and O–H groups in total. The number of rotatable bonds is 3. The van der Waals surface area contributed by atoms with Gasteiger partial charge in [-0.2, -0.15) is 11.3 Å². The van der Waals surface area contributed by atoms with Gasteiger partial charge in [-0.05, 0) is 42.8 Å². The van der Waals surface area contributed by atoms with Crippen LogP contribution in [0.25, 0.3) is 0 Å². The summed E-state index contributed by atoms with van der Waals surface area (Å²) < 4.78 is 0. The van der Waals surface area contributed by atoms with Crippen molar-refractivity contribution in [1.82, 2.24) is 10.2 Å². The van der Waals surface area contributed by atoms with Crippen LogP contribution < -0.4 is 10.6 Å². The molecule has 3 heterocycles. The van der Waals surface area contributed by atoms with Crippen LogP contribution in [0.1, 0.15) is 40.0 Å². The largest absolute Gasteiger partial charge is 0.337 e. The Hall–Kier alpha value is -1.89. The van der Waals surface area contributed by atoms with Gasteiger partial charge >= 0.3 is 0 Å². The number of fused-ring (bicyclic) bond motifs is 2. The van der Waals surface area contributed by atoms with Gasteiger partial charge in [0.05, 0.1) is 16.8 Å². The number of amides is 2. The number of carbonyl (C=O) groups excluding carboxylic acids is 2. The molecule has 5 nitrogen and oxygen atoms in total. The Bertz CT molecular complexity index is 781. The molecular weight excluding hydrogens is 370 g/mol. The first-order chi connectivity index (χ1) is 12.2. The zero-order chi connectivity index (χ0) is 17.2. The number of nitrogens with one attached hydrogen (secondary N) is 2. The second kappa shape index (κ2) is 8.20. The van der Waals surface area contributed by atoms with Crippen molar-refractivity contribution in [2.24, 2.45) is 0 Å². The molecule has 1 aromatic heterocycles. The van der Waals surface area contributed by atoms with Crippen molar-refractivity contribution in [2.75, 3.05) is 18.4 Å². The molecule has 0 aliphatic carbocycles. The summed E-state index contributed by atoms with van der Waals surface area (Å²) in [5, 5.41) is 10.1. The Morgan fingerprint density at radius 3 is 2.73 bits per heavy atom. The fourth-order valence-electron chi connectivity index (χ4n) is 3.66. The van der Waals surface area contributed by atoms with Gasteiger partial charge in [-0.3, -0.25) is 9.59 Å². The van der Waals surface area contributed by atoms with Crippen molar-refractivity contribution < 1.29 is 9.59 Å². The highest BCUT2D eigenvalue weighted by atomic mass is 35.5. The van der Waals surface area contributed by atoms with Gasteiger partial charge in [-0.15, -0.1) is 12.4 Å². The highest BCUT2D eigenvalue weighted by molar-refractivity contribution is 7.08. The van der Waals surface area contributed by atoms with Crippen molar-refractivity contribution in [1.29, 1.82) is 0 Å². The average Bonchev–Trinajstić information content (AvgIpc) is 3.25. The molecule has 2 bridgehead atoms. The highest BCUT2D eigenvalue weighted by Crippen LogP contribution is 2.24. The van der Waals surface area contributed by atoms with Crippen LogP contribution in [-0.4, -0.2) is 41.9 Å². The first kappa shape index (κ1) is 18.9. The van der Waals surface area contributed by atoms with Crippen LogP contribution in [0.4, 0.5) is 5.69 Å². The quantitative estimate of drug-likeness (QED) is 0.843. The zero-order valence-corrected chi connectivity index (χ0v) is 15.9. The molecule has 0 spiro atoms. The molecule has 2 aromatic rings. The van der Waals surface area contributed by atoms with Crippen molar-refractivity contribution >= 4 is 41.2 Å². The number of anilines is 1. The molecule has 2 aliphatic heterocycles. The minimum absolute atomic E-state index is 0. The zero-order valence-electron chi connectivity index (χ0n) is 14.3. The molecule has 1 aromatic carbocycles. The molecule has 2 aliphatic rings. The molecule has 0 radical (unpaired) electrons. The maximum Gasteiger partial charge on any atom is 0.256 e. The second-order valence-electron chi connectivity index (χ2n) is 6.69. The summed E-state index contributed by atoms with van der Waals surface area (Å²) in [6.45, 7) is 1.50. The second-order valence-corrected chi connectivity index (χ2v) is 7.47. The topological polar surface area (TPSA) is 61.4 Å². The molecule has 138 valence electrons. The number of para-hydroxylation sites is 1. The number of hydrogen-bond acceptors (Lipinski definition) is 4. The van der Waals surface area contributed by atoms with E-state index in [-0.39, 0.29) is 24.2 Å². The van der Waals surface area contributed by atoms with E-state index in [0.29, 0.717) is 28.9 Å². The van der Waals surface area contributed by atoms with E-state index in [1.54, 1.807) is 23.6 Å². The van der Waals surface area contributed by atoms with Gasteiger partial charge in [0.1, 0.15) is 0 Å². The Labute approximate surface area is 163 Å². The number of likely N-dealkylation sites (tertiary alicyclic amines) is 1. The molecule has 2 atom stereocenters. The van der Waals surface area contributed by atoms with E-state index in [9.17, 15) is 9.59 Å². The molecule has 2 unspecified atom stereocenters. The van der Waals surface area contributed by atoms with Crippen LogP contribution in [-0.2, 0) is 0 Å². The van der Waals surface area contributed by atoms with Crippen LogP contribution in [0.5, 0.6) is 0 Å². The van der Waals surface area contributed by atoms with E-state index in [1.165, 1.54) is 17.8 Å². The van der Waals surface area contributed by atoms with E-state index < -0.39 is 0 Å². The molecule has 4 rings (SSSR count). The predicted octanol–water partition coefficient (Wildman–Crippen LogP) is 3.39. The van der Waals surface area contributed by atoms with Crippen LogP contribution >= 0.6 is 23.7 Å². The van der Waals surface area contributed by atoms with Gasteiger partial charge in [0, 0.05) is 30.6 Å². The van der Waals surface area contributed by atoms with Crippen LogP contribution in [0.2, 0.25) is 0 Å². The van der Waals surface area contributed by atoms with Gasteiger partial charge in [-0.25, -0.2) is 0 Å². The number of hydrogen-bond donors (Lipinski definition) is 2. The van der Waals surface area contributed by atoms with Crippen LogP contribution in [0.3, 0.4) is 0 Å². The fraction of sp³-hybridized carbons (Fsp3) is 0.368. The standard InChI is InChI=1S/C19H21N3O2S.ClH/c23-18(13-8-10-25-12-13)21-17-4-2-1-3-16(17)19(24)22-9-7-14-5-6-15(11-22)20-14;/h1-4,8,10,12,14-15,20H,5-7,9,11H2,(H,21,23);1H. The molecular formula is C19H22ClN3O2S. The Kier molecular flexibility index (Phi) is 5.96. The molecule has 0 saturated carbocycles. The predicted molar refractivity (Wildman–Crippen MR) is 106 cm³/mol. The molecule has 2 fully saturated rings. The maximum atomic E-state index is 13.1. The summed E-state index contributed by atoms with van der Waals surface area (Å²) in [6.07, 6.45) is 3.33. The minimum atomic E-state index is -0.182. The van der Waals surface area contributed by atoms with Crippen LogP contribution in [0.15, 0.2) is 41.1 Å². The van der Waals surface area contributed by atoms with Crippen molar-refractivity contribution in [3.05, 3.63) is 52.2 Å². The van der Waals surface area contributed by atoms with E-state index in [2.05, 4.69) is 10.6 Å². The third-order valence-electron chi connectivity index (χ3n) is 5.00. The molecule has 2 saturated heterocycles. The van der Waals surface area contributed by atoms with Crippen LogP contribution in [0, 0.1) is 0 Å². The summed E-state index contributed by atoms with van der Waals surface area (Å²) >= 11 is 1.48. The maximum absolute atomic E-state index is 13.1. The molecule has 2 amide bonds. The minimum Gasteiger partial charge on any atom is -0.337 e. The Balaban J connectivity index is 0.00000196. The summed E-state index contributed by atoms with van der Waals surface area (Å²) in [4.78, 5) is 27.3. The monoisotopic (exact) mass is 391 g/mol. The molecule has 26 heavy (non-hydrogen) atoms. The van der Waals surface area contributed by atoms with Gasteiger partial charge in [0.25, 0.3) is 11.8 Å². The number of carbonyl (C=O) groups is 2. The molecule has 7 heteroatoms. The summed E-state index contributed by atoms with van der Waals surface area (Å²) in [7, 11) is 0. The van der Waals surface area contributed by atoms with E-state index >= 15 is 0 Å². The Morgan fingerprint density at radius 1 is 1.12 bits per heavy atom. The number of benzene rings is 1. The summed E-state index contributed by atoms with van der Waals surface area (Å²) in [6, 6.07) is 9.98. The lowest BCUT2D eigenvalue weighted by Gasteiger charge is -2.25. The number of halogens is 1. The third-order valence-corrected chi connectivity index (χ3v) is 5.68. The summed E-state index contributed by atoms with van der Waals surface area (Å²) in [5.74, 6) is -0.186. The van der Waals surface area contributed by atoms with E-state index in [1.807, 2.05) is 22.4 Å². The Morgan fingerprint density at radius 2 is 1.92 bits per heavy atom. The van der Waals surface area contributed by atoms with Gasteiger partial charge in [-0.1, -0.05) is 12.1 Å². The average molecular weight is 392 g/mol. The lowest BCUT2D eigenvalue weighted by Crippen LogP contribution is -2.39. The van der Waals surface area contributed by atoms with Crippen molar-refractivity contribution in [3.8, 4) is 0 Å². The van der Waals surface area contributed by atoms with Gasteiger partial charge in [0.15, 0.2) is 0 Å². The van der Waals surface area contributed by atoms with Crippen molar-refractivity contribution in [3.63, 3.8) is 0 Å². The first-order valence-corrected chi connectivity index (χ1v) is 9.63. The lowest BCUT2D eigenvalue weighted by atomic mass is 10.1. The summed E-state index contributed by atoms with van der Waals surface area (Å²) in [5.41, 5.74) is 1.75. The number of thiophene rings is 1. The van der Waals surface area contributed by atoms with Gasteiger partial charge < -0.3 is 15.5 Å². The smallest absolute Gasteiger partial charge is 0.256 e. The normalized spacial score (nSPS) is 21.6. The van der Waals surface area contributed by atoms with Gasteiger partial charge in [0.2, 0.25) is 0 Å². The first-order valence-electron chi connectivity index (χ1n) is 8.68. The van der Waals surface area contributed by atoms with Crippen molar-refractivity contribution in [2.45, 2.75) is 31.3 Å². The SMILES string of the molecule is Cl.O=C(Nc1ccccc1C(=O)N1CCC2CCC(C1)N2)c1ccsc1. The van der Waals surface area contributed by atoms with E-state index in [4.69, 9.17) is 0 Å². The number of nitrogens with zero attached hydrogens (tertiary/aromatic N) is 1. The lowest BCUT2D eigenvalue weighted by molar-refractivity contribution is 0.0749. The third kappa shape index (κ3) is 3.92. The van der Waals surface area contributed by atoms with E-state index in [0.717, 1.165) is 25.9 Å². The fourth-order valence-corrected chi connectivity index (χ4v) is 4.30. The highest BCUT2D eigenvalue weighted by Gasteiger charge is 2.32.